The molecule has 0 bridgehead atoms. The van der Waals surface area contributed by atoms with Crippen LogP contribution in [0.4, 0.5) is 8.78 Å². The predicted molar refractivity (Wildman–Crippen MR) is 75.3 cm³/mol. The highest BCUT2D eigenvalue weighted by Gasteiger charge is 2.11. The fourth-order valence-corrected chi connectivity index (χ4v) is 2.63. The quantitative estimate of drug-likeness (QED) is 0.848. The molecule has 0 aliphatic rings. The number of nitrogens with two attached hydrogens (primary N) is 1. The van der Waals surface area contributed by atoms with Crippen LogP contribution in [0.25, 0.3) is 0 Å². The maximum absolute atomic E-state index is 13.7. The second-order valence-corrected chi connectivity index (χ2v) is 5.43. The van der Waals surface area contributed by atoms with Gasteiger partial charge < -0.3 is 5.73 Å². The summed E-state index contributed by atoms with van der Waals surface area (Å²) in [5, 5.41) is 0.637. The topological polar surface area (TPSA) is 26.0 Å². The fraction of sp³-hybridized carbons (Fsp3) is 0.143. The van der Waals surface area contributed by atoms with Gasteiger partial charge in [-0.05, 0) is 35.4 Å². The summed E-state index contributed by atoms with van der Waals surface area (Å²) in [6, 6.07) is 9.71. The van der Waals surface area contributed by atoms with E-state index in [2.05, 4.69) is 0 Å². The smallest absolute Gasteiger partial charge is 0.140 e. The largest absolute Gasteiger partial charge is 0.326 e. The average molecular weight is 300 g/mol. The van der Waals surface area contributed by atoms with Crippen molar-refractivity contribution in [1.29, 1.82) is 0 Å². The molecule has 0 heterocycles. The lowest BCUT2D eigenvalue weighted by Gasteiger charge is -2.07. The van der Waals surface area contributed by atoms with Crippen molar-refractivity contribution in [2.45, 2.75) is 17.2 Å². The van der Waals surface area contributed by atoms with E-state index < -0.39 is 11.6 Å². The Morgan fingerprint density at radius 3 is 2.11 bits per heavy atom. The van der Waals surface area contributed by atoms with Crippen molar-refractivity contribution in [3.05, 3.63) is 64.2 Å². The summed E-state index contributed by atoms with van der Waals surface area (Å²) < 4.78 is 27.5. The Hall–Kier alpha value is -1.10. The van der Waals surface area contributed by atoms with Gasteiger partial charge in [0.15, 0.2) is 0 Å². The van der Waals surface area contributed by atoms with Crippen LogP contribution < -0.4 is 5.73 Å². The van der Waals surface area contributed by atoms with E-state index >= 15 is 0 Å². The number of halogens is 3. The van der Waals surface area contributed by atoms with Gasteiger partial charge in [-0.25, -0.2) is 8.78 Å². The first-order valence-corrected chi connectivity index (χ1v) is 7.01. The normalized spacial score (nSPS) is 10.7. The fourth-order valence-electron chi connectivity index (χ4n) is 1.60. The van der Waals surface area contributed by atoms with Gasteiger partial charge in [0.25, 0.3) is 0 Å². The second-order valence-electron chi connectivity index (χ2n) is 4.01. The number of hydrogen-bond acceptors (Lipinski definition) is 2. The molecule has 0 aliphatic heterocycles. The van der Waals surface area contributed by atoms with Gasteiger partial charge in [-0.2, -0.15) is 0 Å². The average Bonchev–Trinajstić information content (AvgIpc) is 2.39. The van der Waals surface area contributed by atoms with Crippen LogP contribution in [-0.2, 0) is 12.3 Å². The first-order chi connectivity index (χ1) is 9.10. The van der Waals surface area contributed by atoms with Gasteiger partial charge in [0.2, 0.25) is 0 Å². The lowest BCUT2D eigenvalue weighted by molar-refractivity contribution is 0.537. The van der Waals surface area contributed by atoms with E-state index in [1.54, 1.807) is 12.1 Å². The molecule has 0 saturated carbocycles. The number of hydrogen-bond donors (Lipinski definition) is 1. The lowest BCUT2D eigenvalue weighted by Crippen LogP contribution is -1.99. The van der Waals surface area contributed by atoms with Crippen LogP contribution >= 0.6 is 23.4 Å². The summed E-state index contributed by atoms with van der Waals surface area (Å²) in [6.07, 6.45) is 0. The highest BCUT2D eigenvalue weighted by molar-refractivity contribution is 7.98. The highest BCUT2D eigenvalue weighted by atomic mass is 35.5. The molecule has 19 heavy (non-hydrogen) atoms. The molecule has 0 atom stereocenters. The summed E-state index contributed by atoms with van der Waals surface area (Å²) in [5.41, 5.74) is 6.77. The maximum atomic E-state index is 13.7. The van der Waals surface area contributed by atoms with E-state index in [1.807, 2.05) is 12.1 Å². The van der Waals surface area contributed by atoms with E-state index in [1.165, 1.54) is 12.1 Å². The summed E-state index contributed by atoms with van der Waals surface area (Å²) in [6.45, 7) is 0.121. The summed E-state index contributed by atoms with van der Waals surface area (Å²) in [5.74, 6) is -0.661. The van der Waals surface area contributed by atoms with Crippen LogP contribution in [-0.4, -0.2) is 0 Å². The Morgan fingerprint density at radius 2 is 1.58 bits per heavy atom. The number of thioether (sulfide) groups is 1. The minimum absolute atomic E-state index is 0.0205. The monoisotopic (exact) mass is 299 g/mol. The first-order valence-electron chi connectivity index (χ1n) is 5.65. The molecule has 1 nitrogen and oxygen atoms in total. The van der Waals surface area contributed by atoms with E-state index in [4.69, 9.17) is 17.3 Å². The van der Waals surface area contributed by atoms with Crippen molar-refractivity contribution in [3.63, 3.8) is 0 Å². The van der Waals surface area contributed by atoms with Gasteiger partial charge in [0, 0.05) is 17.3 Å². The number of benzene rings is 2. The SMILES string of the molecule is NCc1cc(F)c(SCc2ccc(Cl)cc2)c(F)c1. The third kappa shape index (κ3) is 3.69. The molecule has 0 saturated heterocycles. The van der Waals surface area contributed by atoms with E-state index in [0.29, 0.717) is 16.3 Å². The molecule has 5 heteroatoms. The molecule has 0 unspecified atom stereocenters. The molecular weight excluding hydrogens is 288 g/mol. The van der Waals surface area contributed by atoms with Crippen LogP contribution in [0.15, 0.2) is 41.3 Å². The molecule has 0 aromatic heterocycles. The molecule has 100 valence electrons. The van der Waals surface area contributed by atoms with Crippen LogP contribution in [0.3, 0.4) is 0 Å². The Balaban J connectivity index is 2.13. The maximum Gasteiger partial charge on any atom is 0.140 e. The Bertz CT molecular complexity index is 549. The van der Waals surface area contributed by atoms with Crippen molar-refractivity contribution in [2.24, 2.45) is 5.73 Å². The zero-order chi connectivity index (χ0) is 13.8. The van der Waals surface area contributed by atoms with Crippen molar-refractivity contribution in [3.8, 4) is 0 Å². The lowest BCUT2D eigenvalue weighted by atomic mass is 10.2. The zero-order valence-electron chi connectivity index (χ0n) is 10.00. The van der Waals surface area contributed by atoms with Crippen LogP contribution in [0.2, 0.25) is 5.02 Å². The van der Waals surface area contributed by atoms with Gasteiger partial charge in [-0.1, -0.05) is 23.7 Å². The molecule has 0 amide bonds. The number of rotatable bonds is 4. The molecule has 0 radical (unpaired) electrons. The summed E-state index contributed by atoms with van der Waals surface area (Å²) in [7, 11) is 0. The molecule has 2 aromatic carbocycles. The van der Waals surface area contributed by atoms with E-state index in [0.717, 1.165) is 17.3 Å². The molecular formula is C14H12ClF2NS. The highest BCUT2D eigenvalue weighted by Crippen LogP contribution is 2.29. The van der Waals surface area contributed by atoms with Crippen LogP contribution in [0, 0.1) is 11.6 Å². The second kappa shape index (κ2) is 6.37. The molecule has 2 rings (SSSR count). The van der Waals surface area contributed by atoms with Crippen LogP contribution in [0.5, 0.6) is 0 Å². The van der Waals surface area contributed by atoms with Gasteiger partial charge in [-0.3, -0.25) is 0 Å². The van der Waals surface area contributed by atoms with E-state index in [9.17, 15) is 8.78 Å². The molecule has 0 fully saturated rings. The molecule has 0 spiro atoms. The predicted octanol–water partition coefficient (Wildman–Crippen LogP) is 4.37. The minimum atomic E-state index is -0.570. The Kier molecular flexibility index (Phi) is 4.80. The summed E-state index contributed by atoms with van der Waals surface area (Å²) in [4.78, 5) is 0.0205. The Labute approximate surface area is 119 Å². The van der Waals surface area contributed by atoms with Gasteiger partial charge in [-0.15, -0.1) is 11.8 Å². The van der Waals surface area contributed by atoms with Gasteiger partial charge in [0.05, 0.1) is 4.90 Å². The van der Waals surface area contributed by atoms with Crippen LogP contribution in [0.1, 0.15) is 11.1 Å². The summed E-state index contributed by atoms with van der Waals surface area (Å²) >= 11 is 6.89. The third-order valence-corrected chi connectivity index (χ3v) is 4.00. The minimum Gasteiger partial charge on any atom is -0.326 e. The van der Waals surface area contributed by atoms with Crippen molar-refractivity contribution < 1.29 is 8.78 Å². The van der Waals surface area contributed by atoms with Gasteiger partial charge in [0.1, 0.15) is 11.6 Å². The zero-order valence-corrected chi connectivity index (χ0v) is 11.6. The van der Waals surface area contributed by atoms with Crippen molar-refractivity contribution in [2.75, 3.05) is 0 Å². The Morgan fingerprint density at radius 1 is 1.00 bits per heavy atom. The first kappa shape index (κ1) is 14.3. The standard InChI is InChI=1S/C14H12ClF2NS/c15-11-3-1-9(2-4-11)8-19-14-12(16)5-10(7-18)6-13(14)17/h1-6H,7-8,18H2. The van der Waals surface area contributed by atoms with E-state index in [-0.39, 0.29) is 11.4 Å². The van der Waals surface area contributed by atoms with Crippen molar-refractivity contribution in [1.82, 2.24) is 0 Å². The van der Waals surface area contributed by atoms with Crippen molar-refractivity contribution >= 4 is 23.4 Å². The third-order valence-electron chi connectivity index (χ3n) is 2.59. The molecule has 0 aliphatic carbocycles. The van der Waals surface area contributed by atoms with Gasteiger partial charge >= 0.3 is 0 Å². The molecule has 2 N–H and O–H groups in total. The molecule has 2 aromatic rings.